The number of carbonyl (C=O) groups excluding carboxylic acids is 1. The van der Waals surface area contributed by atoms with Crippen LogP contribution in [0.3, 0.4) is 0 Å². The van der Waals surface area contributed by atoms with Crippen LogP contribution in [-0.4, -0.2) is 39.1 Å². The molecule has 1 aliphatic heterocycles. The molecule has 1 N–H and O–H groups in total. The number of aryl methyl sites for hydroxylation is 1. The van der Waals surface area contributed by atoms with Gasteiger partial charge in [-0.3, -0.25) is 9.36 Å². The predicted molar refractivity (Wildman–Crippen MR) is 92.8 cm³/mol. The average Bonchev–Trinajstić information content (AvgIpc) is 3.42. The summed E-state index contributed by atoms with van der Waals surface area (Å²) in [6.45, 7) is -1.22. The molecule has 29 heavy (non-hydrogen) atoms. The van der Waals surface area contributed by atoms with Gasteiger partial charge in [-0.1, -0.05) is 0 Å². The van der Waals surface area contributed by atoms with E-state index in [4.69, 9.17) is 4.74 Å². The van der Waals surface area contributed by atoms with Crippen molar-refractivity contribution >= 4 is 5.91 Å². The number of halogens is 4. The Kier molecular flexibility index (Phi) is 4.83. The van der Waals surface area contributed by atoms with Crippen LogP contribution in [-0.2, 0) is 13.0 Å². The molecule has 2 aromatic rings. The minimum Gasteiger partial charge on any atom is -0.483 e. The number of benzene rings is 1. The van der Waals surface area contributed by atoms with Crippen LogP contribution >= 0.6 is 0 Å². The van der Waals surface area contributed by atoms with Crippen molar-refractivity contribution in [3.8, 4) is 11.4 Å². The van der Waals surface area contributed by atoms with E-state index in [0.717, 1.165) is 42.5 Å². The molecule has 7 nitrogen and oxygen atoms in total. The number of aromatic nitrogens is 3. The van der Waals surface area contributed by atoms with Gasteiger partial charge in [-0.25, -0.2) is 9.18 Å². The first-order valence-corrected chi connectivity index (χ1v) is 9.26. The standard InChI is InChI=1S/C18H18F4N4O3/c19-12-7-11(16(27)23-10-4-5-10)14(29-9-18(20,21)22)8-13(12)26-17(28)25-6-2-1-3-15(25)24-26/h7-8,10H,1-6,9H2,(H,23,27). The van der Waals surface area contributed by atoms with Crippen molar-refractivity contribution in [3.05, 3.63) is 39.8 Å². The molecule has 0 bridgehead atoms. The van der Waals surface area contributed by atoms with Crippen molar-refractivity contribution in [2.45, 2.75) is 50.9 Å². The molecule has 0 spiro atoms. The lowest BCUT2D eigenvalue weighted by Crippen LogP contribution is -2.28. The molecule has 1 amide bonds. The molecule has 1 fully saturated rings. The number of nitrogens with zero attached hydrogens (tertiary/aromatic N) is 3. The Labute approximate surface area is 162 Å². The molecule has 2 aliphatic rings. The molecule has 0 unspecified atom stereocenters. The summed E-state index contributed by atoms with van der Waals surface area (Å²) in [5.41, 5.74) is -1.31. The van der Waals surface area contributed by atoms with Crippen molar-refractivity contribution < 1.29 is 27.1 Å². The molecule has 1 aromatic carbocycles. The van der Waals surface area contributed by atoms with Gasteiger partial charge in [0.15, 0.2) is 6.61 Å². The highest BCUT2D eigenvalue weighted by molar-refractivity contribution is 5.97. The monoisotopic (exact) mass is 414 g/mol. The lowest BCUT2D eigenvalue weighted by molar-refractivity contribution is -0.153. The largest absolute Gasteiger partial charge is 0.483 e. The van der Waals surface area contributed by atoms with E-state index in [1.54, 1.807) is 0 Å². The number of rotatable bonds is 5. The molecule has 0 radical (unpaired) electrons. The molecule has 156 valence electrons. The van der Waals surface area contributed by atoms with Crippen molar-refractivity contribution in [3.63, 3.8) is 0 Å². The lowest BCUT2D eigenvalue weighted by atomic mass is 10.1. The minimum absolute atomic E-state index is 0.0804. The first-order valence-electron chi connectivity index (χ1n) is 9.26. The third kappa shape index (κ3) is 4.13. The van der Waals surface area contributed by atoms with E-state index in [0.29, 0.717) is 18.8 Å². The summed E-state index contributed by atoms with van der Waals surface area (Å²) in [5.74, 6) is -1.67. The summed E-state index contributed by atoms with van der Waals surface area (Å²) >= 11 is 0. The van der Waals surface area contributed by atoms with Gasteiger partial charge in [0, 0.05) is 25.1 Å². The van der Waals surface area contributed by atoms with E-state index in [-0.39, 0.29) is 17.3 Å². The van der Waals surface area contributed by atoms with Crippen LogP contribution in [0.1, 0.15) is 41.9 Å². The molecule has 1 saturated carbocycles. The Balaban J connectivity index is 1.75. The molecular weight excluding hydrogens is 396 g/mol. The zero-order chi connectivity index (χ0) is 20.8. The Morgan fingerprint density at radius 3 is 2.69 bits per heavy atom. The number of nitrogens with one attached hydrogen (secondary N) is 1. The average molecular weight is 414 g/mol. The Hall–Kier alpha value is -2.85. The normalized spacial score (nSPS) is 16.4. The fraction of sp³-hybridized carbons (Fsp3) is 0.500. The highest BCUT2D eigenvalue weighted by Gasteiger charge is 2.31. The third-order valence-electron chi connectivity index (χ3n) is 4.80. The van der Waals surface area contributed by atoms with Gasteiger partial charge in [0.2, 0.25) is 0 Å². The van der Waals surface area contributed by atoms with E-state index < -0.39 is 35.9 Å². The van der Waals surface area contributed by atoms with Gasteiger partial charge < -0.3 is 10.1 Å². The van der Waals surface area contributed by atoms with Gasteiger partial charge in [0.05, 0.1) is 5.56 Å². The number of ether oxygens (including phenoxy) is 1. The van der Waals surface area contributed by atoms with Crippen LogP contribution in [0.2, 0.25) is 0 Å². The Morgan fingerprint density at radius 2 is 2.03 bits per heavy atom. The van der Waals surface area contributed by atoms with Crippen molar-refractivity contribution in [2.24, 2.45) is 0 Å². The van der Waals surface area contributed by atoms with Gasteiger partial charge in [-0.05, 0) is 31.7 Å². The van der Waals surface area contributed by atoms with Gasteiger partial charge in [0.1, 0.15) is 23.1 Å². The summed E-state index contributed by atoms with van der Waals surface area (Å²) < 4.78 is 59.7. The van der Waals surface area contributed by atoms with Crippen LogP contribution in [0.25, 0.3) is 5.69 Å². The topological polar surface area (TPSA) is 78.2 Å². The molecule has 0 saturated heterocycles. The van der Waals surface area contributed by atoms with Crippen LogP contribution in [0.15, 0.2) is 16.9 Å². The predicted octanol–water partition coefficient (Wildman–Crippen LogP) is 2.34. The lowest BCUT2D eigenvalue weighted by Gasteiger charge is -2.15. The van der Waals surface area contributed by atoms with E-state index in [2.05, 4.69) is 10.4 Å². The number of alkyl halides is 3. The smallest absolute Gasteiger partial charge is 0.422 e. The quantitative estimate of drug-likeness (QED) is 0.762. The minimum atomic E-state index is -4.65. The Bertz CT molecular complexity index is 1010. The number of hydrogen-bond acceptors (Lipinski definition) is 4. The molecule has 11 heteroatoms. The van der Waals surface area contributed by atoms with Crippen molar-refractivity contribution in [1.29, 1.82) is 0 Å². The van der Waals surface area contributed by atoms with E-state index in [1.165, 1.54) is 4.57 Å². The molecule has 4 rings (SSSR count). The maximum absolute atomic E-state index is 14.8. The Morgan fingerprint density at radius 1 is 1.28 bits per heavy atom. The molecular formula is C18H18F4N4O3. The van der Waals surface area contributed by atoms with Crippen LogP contribution < -0.4 is 15.7 Å². The van der Waals surface area contributed by atoms with E-state index in [9.17, 15) is 27.2 Å². The SMILES string of the molecule is O=C(NC1CC1)c1cc(F)c(-n2nc3n(c2=O)CCCC3)cc1OCC(F)(F)F. The van der Waals surface area contributed by atoms with E-state index >= 15 is 0 Å². The summed E-state index contributed by atoms with van der Waals surface area (Å²) in [6, 6.07) is 1.62. The highest BCUT2D eigenvalue weighted by atomic mass is 19.4. The first-order chi connectivity index (χ1) is 13.7. The van der Waals surface area contributed by atoms with Gasteiger partial charge in [-0.15, -0.1) is 5.10 Å². The number of hydrogen-bond donors (Lipinski definition) is 1. The summed E-state index contributed by atoms with van der Waals surface area (Å²) in [5, 5.41) is 6.70. The zero-order valence-corrected chi connectivity index (χ0v) is 15.3. The van der Waals surface area contributed by atoms with Crippen molar-refractivity contribution in [2.75, 3.05) is 6.61 Å². The second-order valence-corrected chi connectivity index (χ2v) is 7.17. The fourth-order valence-electron chi connectivity index (χ4n) is 3.21. The maximum Gasteiger partial charge on any atom is 0.422 e. The number of carbonyl (C=O) groups is 1. The summed E-state index contributed by atoms with van der Waals surface area (Å²) in [4.78, 5) is 24.9. The third-order valence-corrected chi connectivity index (χ3v) is 4.80. The van der Waals surface area contributed by atoms with E-state index in [1.807, 2.05) is 0 Å². The van der Waals surface area contributed by atoms with Crippen LogP contribution in [0.5, 0.6) is 5.75 Å². The first kappa shape index (κ1) is 19.5. The summed E-state index contributed by atoms with van der Waals surface area (Å²) in [7, 11) is 0. The van der Waals surface area contributed by atoms with Crippen molar-refractivity contribution in [1.82, 2.24) is 19.7 Å². The highest BCUT2D eigenvalue weighted by Crippen LogP contribution is 2.29. The van der Waals surface area contributed by atoms with Gasteiger partial charge in [0.25, 0.3) is 5.91 Å². The van der Waals surface area contributed by atoms with Gasteiger partial charge >= 0.3 is 11.9 Å². The number of fused-ring (bicyclic) bond motifs is 1. The molecule has 0 atom stereocenters. The summed E-state index contributed by atoms with van der Waals surface area (Å²) in [6.07, 6.45) is -0.992. The molecule has 1 aliphatic carbocycles. The molecule has 2 heterocycles. The van der Waals surface area contributed by atoms with Gasteiger partial charge in [-0.2, -0.15) is 17.9 Å². The second-order valence-electron chi connectivity index (χ2n) is 7.17. The van der Waals surface area contributed by atoms with Crippen LogP contribution in [0.4, 0.5) is 17.6 Å². The molecule has 1 aromatic heterocycles. The van der Waals surface area contributed by atoms with Crippen LogP contribution in [0, 0.1) is 5.82 Å². The second kappa shape index (κ2) is 7.20. The zero-order valence-electron chi connectivity index (χ0n) is 15.3. The maximum atomic E-state index is 14.8. The fourth-order valence-corrected chi connectivity index (χ4v) is 3.21. The number of amides is 1.